The number of phenolic OH excluding ortho intramolecular Hbond substituents is 1. The molecule has 0 saturated carbocycles. The third-order valence-corrected chi connectivity index (χ3v) is 3.11. The molecular weight excluding hydrogens is 216 g/mol. The molecule has 1 amide bonds. The van der Waals surface area contributed by atoms with Gasteiger partial charge in [-0.1, -0.05) is 6.07 Å². The summed E-state index contributed by atoms with van der Waals surface area (Å²) in [5.74, 6) is 0.277. The van der Waals surface area contributed by atoms with Crippen LogP contribution in [-0.2, 0) is 4.79 Å². The molecule has 0 aromatic heterocycles. The normalized spacial score (nSPS) is 24.3. The van der Waals surface area contributed by atoms with E-state index in [1.807, 2.05) is 0 Å². The summed E-state index contributed by atoms with van der Waals surface area (Å²) in [5.41, 5.74) is 0.654. The Bertz CT molecular complexity index is 406. The molecule has 92 valence electrons. The first-order valence-electron chi connectivity index (χ1n) is 5.98. The third-order valence-electron chi connectivity index (χ3n) is 3.11. The summed E-state index contributed by atoms with van der Waals surface area (Å²) in [7, 11) is 0. The van der Waals surface area contributed by atoms with Crippen LogP contribution in [0.4, 0.5) is 5.69 Å². The van der Waals surface area contributed by atoms with E-state index in [-0.39, 0.29) is 17.6 Å². The van der Waals surface area contributed by atoms with Gasteiger partial charge in [0.25, 0.3) is 0 Å². The molecule has 4 heteroatoms. The molecule has 0 aliphatic carbocycles. The molecule has 1 fully saturated rings. The molecule has 0 radical (unpaired) electrons. The Morgan fingerprint density at radius 2 is 2.35 bits per heavy atom. The van der Waals surface area contributed by atoms with Crippen molar-refractivity contribution in [1.29, 1.82) is 0 Å². The van der Waals surface area contributed by atoms with Gasteiger partial charge in [0.15, 0.2) is 0 Å². The summed E-state index contributed by atoms with van der Waals surface area (Å²) in [5, 5.41) is 15.5. The van der Waals surface area contributed by atoms with Crippen molar-refractivity contribution in [2.24, 2.45) is 5.92 Å². The summed E-state index contributed by atoms with van der Waals surface area (Å²) < 4.78 is 0. The Hall–Kier alpha value is -1.55. The Labute approximate surface area is 101 Å². The van der Waals surface area contributed by atoms with Gasteiger partial charge in [-0.3, -0.25) is 4.79 Å². The highest BCUT2D eigenvalue weighted by molar-refractivity contribution is 5.92. The van der Waals surface area contributed by atoms with Gasteiger partial charge in [0, 0.05) is 23.7 Å². The number of rotatable bonds is 2. The van der Waals surface area contributed by atoms with E-state index in [1.165, 1.54) is 0 Å². The molecule has 1 aromatic carbocycles. The first kappa shape index (κ1) is 11.9. The number of carbonyl (C=O) groups excluding carboxylic acids is 1. The first-order valence-corrected chi connectivity index (χ1v) is 5.98. The van der Waals surface area contributed by atoms with Crippen molar-refractivity contribution < 1.29 is 9.90 Å². The predicted molar refractivity (Wildman–Crippen MR) is 66.9 cm³/mol. The van der Waals surface area contributed by atoms with E-state index in [0.717, 1.165) is 19.4 Å². The number of amides is 1. The lowest BCUT2D eigenvalue weighted by atomic mass is 9.92. The lowest BCUT2D eigenvalue weighted by Gasteiger charge is -2.27. The molecule has 1 heterocycles. The number of carbonyl (C=O) groups is 1. The zero-order chi connectivity index (χ0) is 12.3. The molecule has 1 aromatic rings. The van der Waals surface area contributed by atoms with E-state index >= 15 is 0 Å². The molecule has 2 rings (SSSR count). The van der Waals surface area contributed by atoms with Crippen molar-refractivity contribution in [3.63, 3.8) is 0 Å². The fraction of sp³-hybridized carbons (Fsp3) is 0.462. The number of phenols is 1. The SMILES string of the molecule is CC1CC(C(=O)Nc2cccc(O)c2)CCN1. The fourth-order valence-corrected chi connectivity index (χ4v) is 2.20. The van der Waals surface area contributed by atoms with Crippen LogP contribution in [-0.4, -0.2) is 23.6 Å². The van der Waals surface area contributed by atoms with E-state index in [2.05, 4.69) is 17.6 Å². The van der Waals surface area contributed by atoms with Crippen LogP contribution in [0.5, 0.6) is 5.75 Å². The van der Waals surface area contributed by atoms with Crippen LogP contribution in [0.1, 0.15) is 19.8 Å². The van der Waals surface area contributed by atoms with Crippen molar-refractivity contribution in [2.75, 3.05) is 11.9 Å². The maximum absolute atomic E-state index is 12.0. The highest BCUT2D eigenvalue weighted by Crippen LogP contribution is 2.20. The van der Waals surface area contributed by atoms with Crippen molar-refractivity contribution in [1.82, 2.24) is 5.32 Å². The zero-order valence-corrected chi connectivity index (χ0v) is 9.94. The molecule has 17 heavy (non-hydrogen) atoms. The van der Waals surface area contributed by atoms with Crippen molar-refractivity contribution >= 4 is 11.6 Å². The van der Waals surface area contributed by atoms with Gasteiger partial charge in [0.2, 0.25) is 5.91 Å². The van der Waals surface area contributed by atoms with Crippen LogP contribution in [0.15, 0.2) is 24.3 Å². The number of hydrogen-bond acceptors (Lipinski definition) is 3. The second kappa shape index (κ2) is 5.19. The van der Waals surface area contributed by atoms with Crippen LogP contribution in [0.3, 0.4) is 0 Å². The molecule has 2 atom stereocenters. The average molecular weight is 234 g/mol. The minimum absolute atomic E-state index is 0.0453. The molecule has 4 nitrogen and oxygen atoms in total. The second-order valence-corrected chi connectivity index (χ2v) is 4.62. The molecule has 1 aliphatic heterocycles. The third kappa shape index (κ3) is 3.20. The number of hydrogen-bond donors (Lipinski definition) is 3. The monoisotopic (exact) mass is 234 g/mol. The van der Waals surface area contributed by atoms with Crippen molar-refractivity contribution in [2.45, 2.75) is 25.8 Å². The van der Waals surface area contributed by atoms with Gasteiger partial charge in [-0.15, -0.1) is 0 Å². The lowest BCUT2D eigenvalue weighted by Crippen LogP contribution is -2.40. The Morgan fingerprint density at radius 3 is 3.06 bits per heavy atom. The van der Waals surface area contributed by atoms with Gasteiger partial charge in [0.1, 0.15) is 5.75 Å². The number of nitrogens with one attached hydrogen (secondary N) is 2. The smallest absolute Gasteiger partial charge is 0.227 e. The van der Waals surface area contributed by atoms with Crippen LogP contribution in [0.2, 0.25) is 0 Å². The van der Waals surface area contributed by atoms with Gasteiger partial charge in [-0.25, -0.2) is 0 Å². The highest BCUT2D eigenvalue weighted by atomic mass is 16.3. The predicted octanol–water partition coefficient (Wildman–Crippen LogP) is 1.72. The molecule has 1 aliphatic rings. The van der Waals surface area contributed by atoms with E-state index in [1.54, 1.807) is 24.3 Å². The second-order valence-electron chi connectivity index (χ2n) is 4.62. The number of aromatic hydroxyl groups is 1. The van der Waals surface area contributed by atoms with Crippen molar-refractivity contribution in [3.8, 4) is 5.75 Å². The van der Waals surface area contributed by atoms with Crippen molar-refractivity contribution in [3.05, 3.63) is 24.3 Å². The molecule has 0 bridgehead atoms. The molecule has 2 unspecified atom stereocenters. The largest absolute Gasteiger partial charge is 0.508 e. The standard InChI is InChI=1S/C13H18N2O2/c1-9-7-10(5-6-14-9)13(17)15-11-3-2-4-12(16)8-11/h2-4,8-10,14,16H,5-7H2,1H3,(H,15,17). The number of benzene rings is 1. The molecule has 3 N–H and O–H groups in total. The minimum atomic E-state index is 0.0453. The molecule has 0 spiro atoms. The minimum Gasteiger partial charge on any atom is -0.508 e. The molecule has 1 saturated heterocycles. The highest BCUT2D eigenvalue weighted by Gasteiger charge is 2.24. The fourth-order valence-electron chi connectivity index (χ4n) is 2.20. The van der Waals surface area contributed by atoms with Crippen LogP contribution < -0.4 is 10.6 Å². The van der Waals surface area contributed by atoms with E-state index < -0.39 is 0 Å². The summed E-state index contributed by atoms with van der Waals surface area (Å²) in [4.78, 5) is 12.0. The van der Waals surface area contributed by atoms with E-state index in [9.17, 15) is 9.90 Å². The Balaban J connectivity index is 1.96. The summed E-state index contributed by atoms with van der Waals surface area (Å²) >= 11 is 0. The van der Waals surface area contributed by atoms with Crippen LogP contribution in [0.25, 0.3) is 0 Å². The summed E-state index contributed by atoms with van der Waals surface area (Å²) in [6, 6.07) is 7.03. The maximum Gasteiger partial charge on any atom is 0.227 e. The Morgan fingerprint density at radius 1 is 1.53 bits per heavy atom. The van der Waals surface area contributed by atoms with Gasteiger partial charge >= 0.3 is 0 Å². The van der Waals surface area contributed by atoms with Crippen LogP contribution >= 0.6 is 0 Å². The van der Waals surface area contributed by atoms with Crippen LogP contribution in [0, 0.1) is 5.92 Å². The van der Waals surface area contributed by atoms with Gasteiger partial charge < -0.3 is 15.7 Å². The van der Waals surface area contributed by atoms with E-state index in [4.69, 9.17) is 0 Å². The number of piperidine rings is 1. The summed E-state index contributed by atoms with van der Waals surface area (Å²) in [6.07, 6.45) is 1.74. The maximum atomic E-state index is 12.0. The topological polar surface area (TPSA) is 61.4 Å². The molecular formula is C13H18N2O2. The van der Waals surface area contributed by atoms with Gasteiger partial charge in [-0.2, -0.15) is 0 Å². The van der Waals surface area contributed by atoms with E-state index in [0.29, 0.717) is 11.7 Å². The lowest BCUT2D eigenvalue weighted by molar-refractivity contribution is -0.120. The van der Waals surface area contributed by atoms with Gasteiger partial charge in [0.05, 0.1) is 0 Å². The average Bonchev–Trinajstić information content (AvgIpc) is 2.29. The summed E-state index contributed by atoms with van der Waals surface area (Å²) in [6.45, 7) is 2.98. The first-order chi connectivity index (χ1) is 8.15. The Kier molecular flexibility index (Phi) is 3.64. The number of anilines is 1. The zero-order valence-electron chi connectivity index (χ0n) is 9.94. The quantitative estimate of drug-likeness (QED) is 0.730. The van der Waals surface area contributed by atoms with Gasteiger partial charge in [-0.05, 0) is 38.4 Å².